The summed E-state index contributed by atoms with van der Waals surface area (Å²) >= 11 is 1.55. The fraction of sp³-hybridized carbons (Fsp3) is 0.400. The van der Waals surface area contributed by atoms with Crippen LogP contribution in [-0.2, 0) is 18.1 Å². The van der Waals surface area contributed by atoms with E-state index in [0.717, 1.165) is 22.8 Å². The Kier molecular flexibility index (Phi) is 4.27. The summed E-state index contributed by atoms with van der Waals surface area (Å²) in [6.07, 6.45) is -4.30. The molecule has 0 unspecified atom stereocenters. The first kappa shape index (κ1) is 15.8. The molecule has 0 saturated carbocycles. The van der Waals surface area contributed by atoms with E-state index >= 15 is 0 Å². The van der Waals surface area contributed by atoms with Crippen molar-refractivity contribution in [3.63, 3.8) is 0 Å². The topological polar surface area (TPSA) is 24.9 Å². The van der Waals surface area contributed by atoms with Gasteiger partial charge in [-0.1, -0.05) is 20.8 Å². The summed E-state index contributed by atoms with van der Waals surface area (Å²) in [5, 5.41) is 6.02. The Bertz CT molecular complexity index is 595. The molecule has 2 rings (SSSR count). The zero-order valence-corrected chi connectivity index (χ0v) is 12.9. The van der Waals surface area contributed by atoms with E-state index in [1.165, 1.54) is 12.1 Å². The quantitative estimate of drug-likeness (QED) is 0.855. The van der Waals surface area contributed by atoms with Crippen LogP contribution in [0.15, 0.2) is 29.6 Å². The summed E-state index contributed by atoms with van der Waals surface area (Å²) in [6.45, 7) is 6.78. The zero-order valence-electron chi connectivity index (χ0n) is 12.1. The van der Waals surface area contributed by atoms with Crippen molar-refractivity contribution in [2.45, 2.75) is 38.9 Å². The summed E-state index contributed by atoms with van der Waals surface area (Å²) in [7, 11) is 0. The number of aromatic nitrogens is 1. The lowest BCUT2D eigenvalue weighted by Crippen LogP contribution is -2.12. The van der Waals surface area contributed by atoms with Gasteiger partial charge in [0, 0.05) is 16.5 Å². The molecule has 1 aromatic heterocycles. The maximum absolute atomic E-state index is 12.5. The number of anilines is 1. The van der Waals surface area contributed by atoms with Crippen LogP contribution < -0.4 is 5.32 Å². The molecule has 0 fully saturated rings. The smallest absolute Gasteiger partial charge is 0.379 e. The minimum atomic E-state index is -4.30. The van der Waals surface area contributed by atoms with Crippen molar-refractivity contribution >= 4 is 17.0 Å². The van der Waals surface area contributed by atoms with Crippen molar-refractivity contribution in [3.8, 4) is 0 Å². The Hall–Kier alpha value is -1.56. The molecule has 1 aromatic carbocycles. The molecule has 114 valence electrons. The van der Waals surface area contributed by atoms with Gasteiger partial charge in [-0.25, -0.2) is 4.98 Å². The molecule has 0 atom stereocenters. The molecule has 0 saturated heterocycles. The van der Waals surface area contributed by atoms with E-state index in [1.807, 2.05) is 5.38 Å². The number of nitrogens with zero attached hydrogens (tertiary/aromatic N) is 1. The Morgan fingerprint density at radius 1 is 1.10 bits per heavy atom. The minimum Gasteiger partial charge on any atom is -0.379 e. The van der Waals surface area contributed by atoms with Gasteiger partial charge in [0.2, 0.25) is 0 Å². The Morgan fingerprint density at radius 3 is 2.19 bits per heavy atom. The number of thiazole rings is 1. The number of benzene rings is 1. The predicted molar refractivity (Wildman–Crippen MR) is 79.6 cm³/mol. The van der Waals surface area contributed by atoms with Gasteiger partial charge in [0.25, 0.3) is 0 Å². The van der Waals surface area contributed by atoms with Gasteiger partial charge in [0.15, 0.2) is 0 Å². The van der Waals surface area contributed by atoms with E-state index in [1.54, 1.807) is 11.3 Å². The van der Waals surface area contributed by atoms with Crippen LogP contribution in [0.4, 0.5) is 18.9 Å². The number of hydrogen-bond donors (Lipinski definition) is 1. The largest absolute Gasteiger partial charge is 0.416 e. The molecule has 0 aliphatic heterocycles. The van der Waals surface area contributed by atoms with Gasteiger partial charge in [-0.2, -0.15) is 13.2 Å². The number of alkyl halides is 3. The van der Waals surface area contributed by atoms with Crippen molar-refractivity contribution in [2.75, 3.05) is 5.32 Å². The molecule has 0 radical (unpaired) electrons. The predicted octanol–water partition coefficient (Wildman–Crippen LogP) is 5.07. The average Bonchev–Trinajstić information content (AvgIpc) is 2.84. The number of nitrogens with one attached hydrogen (secondary N) is 1. The van der Waals surface area contributed by atoms with E-state index in [0.29, 0.717) is 12.2 Å². The van der Waals surface area contributed by atoms with Crippen molar-refractivity contribution in [1.82, 2.24) is 4.98 Å². The van der Waals surface area contributed by atoms with Crippen LogP contribution >= 0.6 is 11.3 Å². The SMILES string of the molecule is CC(C)(C)c1csc(CNc2ccc(C(F)(F)F)cc2)n1. The summed E-state index contributed by atoms with van der Waals surface area (Å²) in [4.78, 5) is 4.53. The van der Waals surface area contributed by atoms with Crippen LogP contribution in [-0.4, -0.2) is 4.98 Å². The highest BCUT2D eigenvalue weighted by molar-refractivity contribution is 7.09. The van der Waals surface area contributed by atoms with Gasteiger partial charge < -0.3 is 5.32 Å². The molecule has 1 N–H and O–H groups in total. The van der Waals surface area contributed by atoms with E-state index in [-0.39, 0.29) is 5.41 Å². The van der Waals surface area contributed by atoms with Gasteiger partial charge in [-0.15, -0.1) is 11.3 Å². The fourth-order valence-electron chi connectivity index (χ4n) is 1.69. The maximum Gasteiger partial charge on any atom is 0.416 e. The lowest BCUT2D eigenvalue weighted by Gasteiger charge is -2.14. The summed E-state index contributed by atoms with van der Waals surface area (Å²) in [5.41, 5.74) is 1.04. The van der Waals surface area contributed by atoms with Crippen LogP contribution in [0.3, 0.4) is 0 Å². The second-order valence-electron chi connectivity index (χ2n) is 5.81. The molecular formula is C15H17F3N2S. The molecule has 0 bridgehead atoms. The third kappa shape index (κ3) is 4.20. The first-order valence-corrected chi connectivity index (χ1v) is 7.40. The summed E-state index contributed by atoms with van der Waals surface area (Å²) in [5.74, 6) is 0. The number of hydrogen-bond acceptors (Lipinski definition) is 3. The third-order valence-corrected chi connectivity index (χ3v) is 3.82. The normalized spacial score (nSPS) is 12.5. The Labute approximate surface area is 126 Å². The second kappa shape index (κ2) is 5.67. The van der Waals surface area contributed by atoms with Crippen molar-refractivity contribution in [2.24, 2.45) is 0 Å². The van der Waals surface area contributed by atoms with E-state index in [2.05, 4.69) is 31.1 Å². The first-order chi connectivity index (χ1) is 9.66. The van der Waals surface area contributed by atoms with E-state index in [4.69, 9.17) is 0 Å². The highest BCUT2D eigenvalue weighted by Gasteiger charge is 2.29. The van der Waals surface area contributed by atoms with Gasteiger partial charge in [0.05, 0.1) is 17.8 Å². The Balaban J connectivity index is 1.99. The van der Waals surface area contributed by atoms with E-state index < -0.39 is 11.7 Å². The standard InChI is InChI=1S/C15H17F3N2S/c1-14(2,3)12-9-21-13(20-12)8-19-11-6-4-10(5-7-11)15(16,17)18/h4-7,9,19H,8H2,1-3H3. The van der Waals surface area contributed by atoms with Gasteiger partial charge in [-0.05, 0) is 24.3 Å². The van der Waals surface area contributed by atoms with E-state index in [9.17, 15) is 13.2 Å². The minimum absolute atomic E-state index is 0.00308. The molecule has 1 heterocycles. The molecule has 6 heteroatoms. The third-order valence-electron chi connectivity index (χ3n) is 2.98. The molecule has 2 aromatic rings. The molecule has 0 aliphatic carbocycles. The highest BCUT2D eigenvalue weighted by Crippen LogP contribution is 2.30. The first-order valence-electron chi connectivity index (χ1n) is 6.52. The summed E-state index contributed by atoms with van der Waals surface area (Å²) < 4.78 is 37.4. The Morgan fingerprint density at radius 2 is 1.71 bits per heavy atom. The highest BCUT2D eigenvalue weighted by atomic mass is 32.1. The van der Waals surface area contributed by atoms with Crippen LogP contribution in [0.2, 0.25) is 0 Å². The van der Waals surface area contributed by atoms with Crippen molar-refractivity contribution in [1.29, 1.82) is 0 Å². The average molecular weight is 314 g/mol. The molecule has 0 amide bonds. The van der Waals surface area contributed by atoms with Crippen LogP contribution in [0, 0.1) is 0 Å². The van der Waals surface area contributed by atoms with Crippen LogP contribution in [0.1, 0.15) is 37.0 Å². The van der Waals surface area contributed by atoms with Crippen LogP contribution in [0.25, 0.3) is 0 Å². The summed E-state index contributed by atoms with van der Waals surface area (Å²) in [6, 6.07) is 5.01. The fourth-order valence-corrected chi connectivity index (χ4v) is 2.65. The number of rotatable bonds is 3. The van der Waals surface area contributed by atoms with Gasteiger partial charge in [0.1, 0.15) is 5.01 Å². The molecule has 2 nitrogen and oxygen atoms in total. The van der Waals surface area contributed by atoms with Crippen molar-refractivity contribution in [3.05, 3.63) is 45.9 Å². The lowest BCUT2D eigenvalue weighted by atomic mass is 9.93. The molecule has 0 aliphatic rings. The lowest BCUT2D eigenvalue weighted by molar-refractivity contribution is -0.137. The van der Waals surface area contributed by atoms with Gasteiger partial charge in [-0.3, -0.25) is 0 Å². The molecule has 21 heavy (non-hydrogen) atoms. The zero-order chi connectivity index (χ0) is 15.7. The van der Waals surface area contributed by atoms with Gasteiger partial charge >= 0.3 is 6.18 Å². The maximum atomic E-state index is 12.5. The molecular weight excluding hydrogens is 297 g/mol. The van der Waals surface area contributed by atoms with Crippen LogP contribution in [0.5, 0.6) is 0 Å². The second-order valence-corrected chi connectivity index (χ2v) is 6.75. The van der Waals surface area contributed by atoms with Crippen molar-refractivity contribution < 1.29 is 13.2 Å². The monoisotopic (exact) mass is 314 g/mol. The number of halogens is 3. The molecule has 0 spiro atoms.